The van der Waals surface area contributed by atoms with Crippen LogP contribution in [0.25, 0.3) is 91.6 Å². The molecule has 3 heterocycles. The zero-order valence-electron chi connectivity index (χ0n) is 24.5. The molecule has 0 atom stereocenters. The zero-order valence-corrected chi connectivity index (χ0v) is 25.3. The molecule has 0 saturated heterocycles. The van der Waals surface area contributed by atoms with Crippen molar-refractivity contribution in [1.82, 2.24) is 14.5 Å². The van der Waals surface area contributed by atoms with E-state index in [2.05, 4.69) is 145 Å². The van der Waals surface area contributed by atoms with Crippen LogP contribution in [0.4, 0.5) is 0 Å². The molecule has 0 N–H and O–H groups in total. The summed E-state index contributed by atoms with van der Waals surface area (Å²) in [5.41, 5.74) is 6.49. The molecular formula is C41H25N3S. The number of benzene rings is 7. The van der Waals surface area contributed by atoms with Gasteiger partial charge in [0.1, 0.15) is 0 Å². The monoisotopic (exact) mass is 591 g/mol. The van der Waals surface area contributed by atoms with Crippen LogP contribution in [0.3, 0.4) is 0 Å². The third-order valence-electron chi connectivity index (χ3n) is 9.33. The van der Waals surface area contributed by atoms with Crippen molar-refractivity contribution in [3.8, 4) is 17.2 Å². The first-order chi connectivity index (χ1) is 22.3. The van der Waals surface area contributed by atoms with Gasteiger partial charge in [0, 0.05) is 37.2 Å². The van der Waals surface area contributed by atoms with Crippen LogP contribution in [-0.4, -0.2) is 14.5 Å². The minimum Gasteiger partial charge on any atom is -0.276 e. The van der Waals surface area contributed by atoms with Gasteiger partial charge in [-0.3, -0.25) is 4.57 Å². The Hall–Kier alpha value is -5.58. The molecule has 0 unspecified atom stereocenters. The van der Waals surface area contributed by atoms with Gasteiger partial charge in [-0.15, -0.1) is 11.3 Å². The Morgan fingerprint density at radius 1 is 0.533 bits per heavy atom. The third kappa shape index (κ3) is 3.40. The van der Waals surface area contributed by atoms with Crippen molar-refractivity contribution in [2.75, 3.05) is 0 Å². The Bertz CT molecular complexity index is 2840. The van der Waals surface area contributed by atoms with Crippen molar-refractivity contribution in [2.45, 2.75) is 6.92 Å². The van der Waals surface area contributed by atoms with E-state index in [9.17, 15) is 0 Å². The summed E-state index contributed by atoms with van der Waals surface area (Å²) in [5.74, 6) is 0.691. The van der Waals surface area contributed by atoms with E-state index in [1.165, 1.54) is 63.6 Å². The maximum Gasteiger partial charge on any atom is 0.235 e. The number of para-hydroxylation sites is 1. The van der Waals surface area contributed by atoms with Crippen LogP contribution in [0.15, 0.2) is 133 Å². The van der Waals surface area contributed by atoms with Gasteiger partial charge in [0.2, 0.25) is 5.95 Å². The minimum absolute atomic E-state index is 0.691. The molecule has 0 aliphatic carbocycles. The average molecular weight is 592 g/mol. The van der Waals surface area contributed by atoms with Crippen molar-refractivity contribution in [2.24, 2.45) is 0 Å². The highest BCUT2D eigenvalue weighted by molar-refractivity contribution is 7.27. The molecule has 45 heavy (non-hydrogen) atoms. The first-order valence-electron chi connectivity index (χ1n) is 15.3. The smallest absolute Gasteiger partial charge is 0.235 e. The molecule has 10 rings (SSSR count). The Balaban J connectivity index is 1.49. The van der Waals surface area contributed by atoms with Crippen LogP contribution in [0, 0.1) is 6.92 Å². The number of aromatic nitrogens is 3. The fourth-order valence-electron chi connectivity index (χ4n) is 7.35. The van der Waals surface area contributed by atoms with E-state index in [0.29, 0.717) is 5.95 Å². The van der Waals surface area contributed by atoms with E-state index in [0.717, 1.165) is 27.7 Å². The Morgan fingerprint density at radius 3 is 2.04 bits per heavy atom. The summed E-state index contributed by atoms with van der Waals surface area (Å²) in [5, 5.41) is 11.1. The summed E-state index contributed by atoms with van der Waals surface area (Å²) in [7, 11) is 0. The maximum atomic E-state index is 5.45. The van der Waals surface area contributed by atoms with Crippen molar-refractivity contribution in [3.63, 3.8) is 0 Å². The van der Waals surface area contributed by atoms with E-state index >= 15 is 0 Å². The summed E-state index contributed by atoms with van der Waals surface area (Å²) in [4.78, 5) is 10.8. The first-order valence-corrected chi connectivity index (χ1v) is 16.1. The van der Waals surface area contributed by atoms with Crippen molar-refractivity contribution in [3.05, 3.63) is 139 Å². The van der Waals surface area contributed by atoms with Gasteiger partial charge in [0.15, 0.2) is 0 Å². The van der Waals surface area contributed by atoms with Gasteiger partial charge in [-0.2, -0.15) is 0 Å². The van der Waals surface area contributed by atoms with E-state index in [-0.39, 0.29) is 0 Å². The Labute approximate surface area is 262 Å². The molecule has 0 bridgehead atoms. The molecule has 210 valence electrons. The quantitative estimate of drug-likeness (QED) is 0.200. The van der Waals surface area contributed by atoms with E-state index in [1.807, 2.05) is 11.3 Å². The van der Waals surface area contributed by atoms with E-state index < -0.39 is 0 Å². The lowest BCUT2D eigenvalue weighted by Crippen LogP contribution is -2.04. The predicted octanol–water partition coefficient (Wildman–Crippen LogP) is 11.4. The lowest BCUT2D eigenvalue weighted by Gasteiger charge is -2.13. The van der Waals surface area contributed by atoms with Crippen molar-refractivity contribution >= 4 is 85.8 Å². The zero-order chi connectivity index (χ0) is 29.6. The third-order valence-corrected chi connectivity index (χ3v) is 10.5. The highest BCUT2D eigenvalue weighted by Crippen LogP contribution is 2.49. The Morgan fingerprint density at radius 2 is 1.20 bits per heavy atom. The van der Waals surface area contributed by atoms with Crippen LogP contribution < -0.4 is 0 Å². The average Bonchev–Trinajstić information content (AvgIpc) is 3.65. The molecule has 0 amide bonds. The normalized spacial score (nSPS) is 12.1. The molecule has 0 aliphatic rings. The standard InChI is InChI=1S/C41H25N3S/c1-24-12-2-4-14-26(24)38-30-18-8-10-20-32(30)42-41(43-38)44-33-23-22-25-13-3-5-15-27(25)36(33)37-29-17-7-6-16-28(29)35-31-19-9-11-21-34(31)45-40(35)39(37)44/h2-23H,1H3. The molecule has 0 radical (unpaired) electrons. The second-order valence-electron chi connectivity index (χ2n) is 11.8. The van der Waals surface area contributed by atoms with Gasteiger partial charge in [-0.25, -0.2) is 9.97 Å². The van der Waals surface area contributed by atoms with Gasteiger partial charge in [-0.1, -0.05) is 115 Å². The van der Waals surface area contributed by atoms with Gasteiger partial charge in [0.25, 0.3) is 0 Å². The molecule has 0 spiro atoms. The number of rotatable bonds is 2. The summed E-state index contributed by atoms with van der Waals surface area (Å²) in [6, 6.07) is 47.8. The van der Waals surface area contributed by atoms with Gasteiger partial charge in [-0.05, 0) is 52.2 Å². The van der Waals surface area contributed by atoms with Crippen molar-refractivity contribution in [1.29, 1.82) is 0 Å². The summed E-state index contributed by atoms with van der Waals surface area (Å²) in [6.07, 6.45) is 0. The number of hydrogen-bond donors (Lipinski definition) is 0. The van der Waals surface area contributed by atoms with Crippen LogP contribution in [-0.2, 0) is 0 Å². The van der Waals surface area contributed by atoms with E-state index in [4.69, 9.17) is 9.97 Å². The molecule has 4 heteroatoms. The number of nitrogens with zero attached hydrogens (tertiary/aromatic N) is 3. The maximum absolute atomic E-state index is 5.45. The minimum atomic E-state index is 0.691. The lowest BCUT2D eigenvalue weighted by molar-refractivity contribution is 1.02. The van der Waals surface area contributed by atoms with Crippen LogP contribution >= 0.6 is 11.3 Å². The number of thiophene rings is 1. The van der Waals surface area contributed by atoms with Gasteiger partial charge >= 0.3 is 0 Å². The fraction of sp³-hybridized carbons (Fsp3) is 0.0244. The van der Waals surface area contributed by atoms with Crippen molar-refractivity contribution < 1.29 is 0 Å². The number of fused-ring (bicyclic) bond motifs is 13. The largest absolute Gasteiger partial charge is 0.276 e. The van der Waals surface area contributed by atoms with E-state index in [1.54, 1.807) is 0 Å². The molecule has 10 aromatic rings. The second kappa shape index (κ2) is 9.21. The summed E-state index contributed by atoms with van der Waals surface area (Å²) >= 11 is 1.87. The summed E-state index contributed by atoms with van der Waals surface area (Å²) in [6.45, 7) is 2.16. The highest BCUT2D eigenvalue weighted by atomic mass is 32.1. The van der Waals surface area contributed by atoms with Gasteiger partial charge < -0.3 is 0 Å². The second-order valence-corrected chi connectivity index (χ2v) is 12.8. The molecule has 0 aliphatic heterocycles. The molecule has 0 saturated carbocycles. The molecule has 3 nitrogen and oxygen atoms in total. The Kier molecular flexibility index (Phi) is 5.08. The molecule has 3 aromatic heterocycles. The van der Waals surface area contributed by atoms with Crippen LogP contribution in [0.5, 0.6) is 0 Å². The van der Waals surface area contributed by atoms with Crippen LogP contribution in [0.1, 0.15) is 5.56 Å². The molecule has 0 fully saturated rings. The molecular weight excluding hydrogens is 567 g/mol. The topological polar surface area (TPSA) is 30.7 Å². The molecule has 7 aromatic carbocycles. The lowest BCUT2D eigenvalue weighted by atomic mass is 9.97. The van der Waals surface area contributed by atoms with Gasteiger partial charge in [0.05, 0.1) is 26.9 Å². The fourth-order valence-corrected chi connectivity index (χ4v) is 8.61. The highest BCUT2D eigenvalue weighted by Gasteiger charge is 2.24. The number of hydrogen-bond acceptors (Lipinski definition) is 3. The first kappa shape index (κ1) is 24.8. The SMILES string of the molecule is Cc1ccccc1-c1nc(-n2c3ccc4ccccc4c3c3c4ccccc4c4c5ccccc5sc4c32)nc2ccccc12. The number of aryl methyl sites for hydroxylation is 1. The van der Waals surface area contributed by atoms with Crippen LogP contribution in [0.2, 0.25) is 0 Å². The summed E-state index contributed by atoms with van der Waals surface area (Å²) < 4.78 is 4.89. The predicted molar refractivity (Wildman–Crippen MR) is 192 cm³/mol.